The van der Waals surface area contributed by atoms with Gasteiger partial charge in [0.05, 0.1) is 33.0 Å². The molecule has 0 fully saturated rings. The van der Waals surface area contributed by atoms with Crippen LogP contribution in [-0.2, 0) is 25.5 Å². The molecule has 2 aromatic rings. The van der Waals surface area contributed by atoms with E-state index >= 15 is 0 Å². The second-order valence-electron chi connectivity index (χ2n) is 6.96. The highest BCUT2D eigenvalue weighted by Gasteiger charge is 2.29. The number of rotatable bonds is 10. The van der Waals surface area contributed by atoms with Crippen LogP contribution in [0.5, 0.6) is 11.5 Å². The van der Waals surface area contributed by atoms with Crippen LogP contribution in [0.15, 0.2) is 42.4 Å². The Morgan fingerprint density at radius 3 is 3.00 bits per heavy atom. The van der Waals surface area contributed by atoms with E-state index in [0.29, 0.717) is 30.4 Å². The number of imidazole rings is 1. The summed E-state index contributed by atoms with van der Waals surface area (Å²) >= 11 is 0. The number of carbonyl (C=O) groups is 1. The van der Waals surface area contributed by atoms with E-state index in [0.717, 1.165) is 5.56 Å². The Morgan fingerprint density at radius 2 is 2.16 bits per heavy atom. The van der Waals surface area contributed by atoms with Crippen molar-refractivity contribution in [3.63, 3.8) is 0 Å². The fraction of sp³-hybridized carbons (Fsp3) is 0.429. The SMILES string of the molecule is O=C(NCc1ncc[nH]1)C1=C[C@@H](c2ccc3c(c2)OCO3)C[C@@H](OCCOCCO)O1. The number of aromatic nitrogens is 2. The molecule has 1 aromatic carbocycles. The summed E-state index contributed by atoms with van der Waals surface area (Å²) in [6.07, 6.45) is 5.00. The molecule has 3 heterocycles. The number of ether oxygens (including phenoxy) is 5. The first kappa shape index (κ1) is 21.2. The van der Waals surface area contributed by atoms with E-state index in [1.807, 2.05) is 18.2 Å². The van der Waals surface area contributed by atoms with Crippen LogP contribution < -0.4 is 14.8 Å². The molecule has 0 saturated carbocycles. The minimum absolute atomic E-state index is 0.0468. The molecule has 2 aliphatic rings. The van der Waals surface area contributed by atoms with Crippen LogP contribution >= 0.6 is 0 Å². The molecule has 0 radical (unpaired) electrons. The topological polar surface area (TPSA) is 124 Å². The summed E-state index contributed by atoms with van der Waals surface area (Å²) < 4.78 is 27.7. The van der Waals surface area contributed by atoms with Crippen molar-refractivity contribution in [3.05, 3.63) is 53.8 Å². The standard InChI is InChI=1S/C21H25N3O7/c25-5-6-27-7-8-28-20-11-15(14-1-2-16-17(9-14)30-13-29-16)10-18(31-20)21(26)24-12-19-22-3-4-23-19/h1-4,9-10,15,20,25H,5-8,11-13H2,(H,22,23)(H,24,26)/t15-,20+/m1/s1. The summed E-state index contributed by atoms with van der Waals surface area (Å²) in [5.74, 6) is 1.73. The van der Waals surface area contributed by atoms with E-state index in [1.165, 1.54) is 0 Å². The molecule has 31 heavy (non-hydrogen) atoms. The lowest BCUT2D eigenvalue weighted by molar-refractivity contribution is -0.151. The maximum absolute atomic E-state index is 12.7. The van der Waals surface area contributed by atoms with Gasteiger partial charge in [-0.25, -0.2) is 4.98 Å². The summed E-state index contributed by atoms with van der Waals surface area (Å²) in [6.45, 7) is 1.24. The molecule has 2 atom stereocenters. The number of allylic oxidation sites excluding steroid dienone is 1. The number of nitrogens with zero attached hydrogens (tertiary/aromatic N) is 1. The molecule has 0 aliphatic carbocycles. The van der Waals surface area contributed by atoms with Gasteiger partial charge in [-0.15, -0.1) is 0 Å². The lowest BCUT2D eigenvalue weighted by Crippen LogP contribution is -2.33. The van der Waals surface area contributed by atoms with Crippen molar-refractivity contribution < 1.29 is 33.6 Å². The number of aromatic amines is 1. The number of aliphatic hydroxyl groups excluding tert-OH is 1. The average Bonchev–Trinajstić information content (AvgIpc) is 3.48. The Bertz CT molecular complexity index is 900. The predicted octanol–water partition coefficient (Wildman–Crippen LogP) is 1.19. The number of fused-ring (bicyclic) bond motifs is 1. The van der Waals surface area contributed by atoms with Gasteiger partial charge in [-0.2, -0.15) is 0 Å². The van der Waals surface area contributed by atoms with Crippen LogP contribution in [0.1, 0.15) is 23.7 Å². The van der Waals surface area contributed by atoms with Crippen molar-refractivity contribution in [2.45, 2.75) is 25.2 Å². The maximum Gasteiger partial charge on any atom is 0.286 e. The molecule has 10 nitrogen and oxygen atoms in total. The number of carbonyl (C=O) groups excluding carboxylic acids is 1. The zero-order chi connectivity index (χ0) is 21.5. The molecule has 3 N–H and O–H groups in total. The molecule has 0 saturated heterocycles. The summed E-state index contributed by atoms with van der Waals surface area (Å²) in [6, 6.07) is 5.71. The van der Waals surface area contributed by atoms with Crippen molar-refractivity contribution in [2.24, 2.45) is 0 Å². The lowest BCUT2D eigenvalue weighted by Gasteiger charge is -2.29. The number of benzene rings is 1. The van der Waals surface area contributed by atoms with Gasteiger partial charge in [0.25, 0.3) is 5.91 Å². The second kappa shape index (κ2) is 10.3. The van der Waals surface area contributed by atoms with Crippen molar-refractivity contribution in [3.8, 4) is 11.5 Å². The van der Waals surface area contributed by atoms with Gasteiger partial charge in [0.1, 0.15) is 5.82 Å². The minimum Gasteiger partial charge on any atom is -0.459 e. The van der Waals surface area contributed by atoms with E-state index in [1.54, 1.807) is 18.5 Å². The summed E-state index contributed by atoms with van der Waals surface area (Å²) in [4.78, 5) is 19.8. The normalized spacial score (nSPS) is 19.6. The molecule has 4 rings (SSSR count). The fourth-order valence-corrected chi connectivity index (χ4v) is 3.35. The Labute approximate surface area is 179 Å². The highest BCUT2D eigenvalue weighted by Crippen LogP contribution is 2.38. The maximum atomic E-state index is 12.7. The molecule has 0 unspecified atom stereocenters. The number of aliphatic hydroxyl groups is 1. The van der Waals surface area contributed by atoms with E-state index < -0.39 is 6.29 Å². The van der Waals surface area contributed by atoms with Crippen molar-refractivity contribution >= 4 is 5.91 Å². The van der Waals surface area contributed by atoms with Gasteiger partial charge in [0.15, 0.2) is 17.3 Å². The van der Waals surface area contributed by atoms with E-state index in [9.17, 15) is 4.79 Å². The first-order valence-electron chi connectivity index (χ1n) is 10.1. The average molecular weight is 431 g/mol. The number of nitrogens with one attached hydrogen (secondary N) is 2. The molecular weight excluding hydrogens is 406 g/mol. The van der Waals surface area contributed by atoms with Crippen molar-refractivity contribution in [2.75, 3.05) is 33.2 Å². The Kier molecular flexibility index (Phi) is 7.03. The van der Waals surface area contributed by atoms with Crippen molar-refractivity contribution in [1.82, 2.24) is 15.3 Å². The summed E-state index contributed by atoms with van der Waals surface area (Å²) in [5.41, 5.74) is 0.967. The third kappa shape index (κ3) is 5.54. The van der Waals surface area contributed by atoms with Crippen molar-refractivity contribution in [1.29, 1.82) is 0 Å². The minimum atomic E-state index is -0.623. The molecule has 1 aromatic heterocycles. The third-order valence-electron chi connectivity index (χ3n) is 4.84. The van der Waals surface area contributed by atoms with E-state index in [-0.39, 0.29) is 50.7 Å². The first-order chi connectivity index (χ1) is 15.2. The first-order valence-corrected chi connectivity index (χ1v) is 10.1. The van der Waals surface area contributed by atoms with Crippen LogP contribution in [0.3, 0.4) is 0 Å². The summed E-state index contributed by atoms with van der Waals surface area (Å²) in [7, 11) is 0. The third-order valence-corrected chi connectivity index (χ3v) is 4.84. The van der Waals surface area contributed by atoms with E-state index in [4.69, 9.17) is 28.8 Å². The highest BCUT2D eigenvalue weighted by molar-refractivity contribution is 5.91. The second-order valence-corrected chi connectivity index (χ2v) is 6.96. The Morgan fingerprint density at radius 1 is 1.26 bits per heavy atom. The number of hydrogen-bond acceptors (Lipinski definition) is 8. The van der Waals surface area contributed by atoms with Gasteiger partial charge in [-0.3, -0.25) is 4.79 Å². The molecule has 10 heteroatoms. The highest BCUT2D eigenvalue weighted by atomic mass is 16.7. The summed E-state index contributed by atoms with van der Waals surface area (Å²) in [5, 5.41) is 11.6. The molecule has 0 bridgehead atoms. The molecule has 1 amide bonds. The Balaban J connectivity index is 1.45. The monoisotopic (exact) mass is 431 g/mol. The van der Waals surface area contributed by atoms with Gasteiger partial charge >= 0.3 is 0 Å². The van der Waals surface area contributed by atoms with Gasteiger partial charge in [0, 0.05) is 24.7 Å². The number of amides is 1. The zero-order valence-electron chi connectivity index (χ0n) is 16.9. The predicted molar refractivity (Wildman–Crippen MR) is 107 cm³/mol. The molecular formula is C21H25N3O7. The van der Waals surface area contributed by atoms with Crippen LogP contribution in [0.25, 0.3) is 0 Å². The van der Waals surface area contributed by atoms with Crippen LogP contribution in [0.4, 0.5) is 0 Å². The van der Waals surface area contributed by atoms with Crippen LogP contribution in [-0.4, -0.2) is 60.5 Å². The smallest absolute Gasteiger partial charge is 0.286 e. The van der Waals surface area contributed by atoms with Crippen LogP contribution in [0, 0.1) is 0 Å². The fourth-order valence-electron chi connectivity index (χ4n) is 3.35. The zero-order valence-corrected chi connectivity index (χ0v) is 16.9. The van der Waals surface area contributed by atoms with Gasteiger partial charge in [-0.05, 0) is 23.8 Å². The van der Waals surface area contributed by atoms with Gasteiger partial charge in [-0.1, -0.05) is 6.07 Å². The van der Waals surface area contributed by atoms with Gasteiger partial charge < -0.3 is 39.1 Å². The quantitative estimate of drug-likeness (QED) is 0.480. The van der Waals surface area contributed by atoms with Crippen LogP contribution in [0.2, 0.25) is 0 Å². The number of H-pyrrole nitrogens is 1. The molecule has 0 spiro atoms. The number of hydrogen-bond donors (Lipinski definition) is 3. The molecule has 2 aliphatic heterocycles. The largest absolute Gasteiger partial charge is 0.459 e. The van der Waals surface area contributed by atoms with Gasteiger partial charge in [0.2, 0.25) is 13.1 Å². The lowest BCUT2D eigenvalue weighted by atomic mass is 9.92. The van der Waals surface area contributed by atoms with E-state index in [2.05, 4.69) is 15.3 Å². The molecule has 166 valence electrons. The Hall–Kier alpha value is -3.08.